The van der Waals surface area contributed by atoms with E-state index in [2.05, 4.69) is 20.7 Å². The van der Waals surface area contributed by atoms with Gasteiger partial charge in [-0.25, -0.2) is 0 Å². The Morgan fingerprint density at radius 2 is 1.24 bits per heavy atom. The lowest BCUT2D eigenvalue weighted by Crippen LogP contribution is -2.59. The fourth-order valence-electron chi connectivity index (χ4n) is 5.47. The molecule has 12 nitrogen and oxygen atoms in total. The summed E-state index contributed by atoms with van der Waals surface area (Å²) in [7, 11) is 1.20. The minimum absolute atomic E-state index is 0.313. The minimum atomic E-state index is -0.929. The molecule has 0 spiro atoms. The maximum Gasteiger partial charge on any atom is 0.325 e. The van der Waals surface area contributed by atoms with Gasteiger partial charge in [-0.05, 0) is 43.0 Å². The van der Waals surface area contributed by atoms with Crippen LogP contribution < -0.4 is 16.0 Å². The van der Waals surface area contributed by atoms with Crippen LogP contribution in [-0.4, -0.2) is 80.5 Å². The lowest BCUT2D eigenvalue weighted by atomic mass is 9.92. The molecule has 1 aliphatic heterocycles. The third-order valence-corrected chi connectivity index (χ3v) is 8.19. The Morgan fingerprint density at radius 3 is 1.76 bits per heavy atom. The first-order valence-corrected chi connectivity index (χ1v) is 16.9. The number of carbonyl (C=O) groups excluding carboxylic acids is 4. The fourth-order valence-corrected chi connectivity index (χ4v) is 5.47. The van der Waals surface area contributed by atoms with Crippen LogP contribution in [0.15, 0.2) is 103 Å². The SMILES string of the molecule is COC(=O)CNC(=O)CNC(=O)[C@H](C)NC(=O)/C=C/C[C@H]1O[C@@H](C)[C@@H](OCc2ccccc2)[C@@H](OCc2ccccc2)[C@@H]1OCc1ccccc1. The Balaban J connectivity index is 1.43. The maximum atomic E-state index is 12.8. The summed E-state index contributed by atoms with van der Waals surface area (Å²) in [5.41, 5.74) is 3.02. The van der Waals surface area contributed by atoms with Crippen molar-refractivity contribution in [1.29, 1.82) is 0 Å². The van der Waals surface area contributed by atoms with Crippen molar-refractivity contribution >= 4 is 23.7 Å². The summed E-state index contributed by atoms with van der Waals surface area (Å²) >= 11 is 0. The van der Waals surface area contributed by atoms with E-state index in [9.17, 15) is 19.2 Å². The van der Waals surface area contributed by atoms with E-state index in [4.69, 9.17) is 18.9 Å². The lowest BCUT2D eigenvalue weighted by Gasteiger charge is -2.45. The summed E-state index contributed by atoms with van der Waals surface area (Å²) in [6.45, 7) is 3.78. The summed E-state index contributed by atoms with van der Waals surface area (Å²) in [6, 6.07) is 28.7. The summed E-state index contributed by atoms with van der Waals surface area (Å²) < 4.78 is 30.7. The third-order valence-electron chi connectivity index (χ3n) is 8.19. The molecule has 272 valence electrons. The average Bonchev–Trinajstić information content (AvgIpc) is 3.15. The normalized spacial score (nSPS) is 20.6. The highest BCUT2D eigenvalue weighted by molar-refractivity contribution is 5.94. The quantitative estimate of drug-likeness (QED) is 0.134. The van der Waals surface area contributed by atoms with Crippen molar-refractivity contribution in [2.24, 2.45) is 0 Å². The molecule has 3 aromatic rings. The van der Waals surface area contributed by atoms with Crippen molar-refractivity contribution in [2.45, 2.75) is 76.7 Å². The second-order valence-electron chi connectivity index (χ2n) is 12.1. The van der Waals surface area contributed by atoms with Crippen molar-refractivity contribution in [1.82, 2.24) is 16.0 Å². The molecule has 3 N–H and O–H groups in total. The molecule has 1 fully saturated rings. The van der Waals surface area contributed by atoms with Gasteiger partial charge < -0.3 is 39.6 Å². The molecule has 51 heavy (non-hydrogen) atoms. The molecule has 12 heteroatoms. The van der Waals surface area contributed by atoms with E-state index >= 15 is 0 Å². The van der Waals surface area contributed by atoms with Crippen molar-refractivity contribution in [3.63, 3.8) is 0 Å². The van der Waals surface area contributed by atoms with Crippen molar-refractivity contribution in [3.05, 3.63) is 120 Å². The van der Waals surface area contributed by atoms with Gasteiger partial charge >= 0.3 is 5.97 Å². The van der Waals surface area contributed by atoms with Gasteiger partial charge in [0, 0.05) is 0 Å². The zero-order valence-corrected chi connectivity index (χ0v) is 29.2. The summed E-state index contributed by atoms with van der Waals surface area (Å²) in [6.07, 6.45) is 0.939. The Morgan fingerprint density at radius 1 is 0.725 bits per heavy atom. The maximum absolute atomic E-state index is 12.8. The summed E-state index contributed by atoms with van der Waals surface area (Å²) in [5, 5.41) is 7.34. The first-order chi connectivity index (χ1) is 24.7. The molecule has 6 atom stereocenters. The van der Waals surface area contributed by atoms with Gasteiger partial charge in [-0.15, -0.1) is 0 Å². The van der Waals surface area contributed by atoms with Crippen LogP contribution in [-0.2, 0) is 62.7 Å². The topological polar surface area (TPSA) is 151 Å². The van der Waals surface area contributed by atoms with Crippen LogP contribution in [0.3, 0.4) is 0 Å². The first-order valence-electron chi connectivity index (χ1n) is 16.9. The molecule has 1 saturated heterocycles. The number of benzene rings is 3. The van der Waals surface area contributed by atoms with Crippen molar-refractivity contribution in [3.8, 4) is 0 Å². The van der Waals surface area contributed by atoms with Gasteiger partial charge in [0.05, 0.1) is 45.7 Å². The highest BCUT2D eigenvalue weighted by Gasteiger charge is 2.46. The van der Waals surface area contributed by atoms with Gasteiger partial charge in [-0.2, -0.15) is 0 Å². The van der Waals surface area contributed by atoms with Crippen LogP contribution in [0.1, 0.15) is 37.0 Å². The fraction of sp³-hybridized carbons (Fsp3) is 0.385. The van der Waals surface area contributed by atoms with Crippen molar-refractivity contribution in [2.75, 3.05) is 20.2 Å². The van der Waals surface area contributed by atoms with Crippen LogP contribution in [0, 0.1) is 0 Å². The van der Waals surface area contributed by atoms with Gasteiger partial charge in [0.15, 0.2) is 0 Å². The molecule has 3 aromatic carbocycles. The van der Waals surface area contributed by atoms with Gasteiger partial charge in [0.1, 0.15) is 30.9 Å². The number of carbonyl (C=O) groups is 4. The number of hydrogen-bond acceptors (Lipinski definition) is 9. The zero-order valence-electron chi connectivity index (χ0n) is 29.2. The molecule has 1 aliphatic rings. The van der Waals surface area contributed by atoms with E-state index in [0.29, 0.717) is 26.2 Å². The predicted octanol–water partition coefficient (Wildman–Crippen LogP) is 3.39. The smallest absolute Gasteiger partial charge is 0.325 e. The molecule has 0 radical (unpaired) electrons. The third kappa shape index (κ3) is 13.1. The Labute approximate surface area is 298 Å². The predicted molar refractivity (Wildman–Crippen MR) is 189 cm³/mol. The van der Waals surface area contributed by atoms with E-state index < -0.39 is 54.1 Å². The van der Waals surface area contributed by atoms with Gasteiger partial charge in [0.2, 0.25) is 17.7 Å². The van der Waals surface area contributed by atoms with E-state index in [1.807, 2.05) is 97.9 Å². The highest BCUT2D eigenvalue weighted by atomic mass is 16.6. The first kappa shape index (κ1) is 38.9. The minimum Gasteiger partial charge on any atom is -0.468 e. The van der Waals surface area contributed by atoms with Crippen LogP contribution in [0.5, 0.6) is 0 Å². The molecule has 0 unspecified atom stereocenters. The molecule has 0 saturated carbocycles. The van der Waals surface area contributed by atoms with Crippen LogP contribution in [0.25, 0.3) is 0 Å². The Kier molecular flexibility index (Phi) is 15.8. The van der Waals surface area contributed by atoms with E-state index in [-0.39, 0.29) is 19.2 Å². The number of methoxy groups -OCH3 is 1. The van der Waals surface area contributed by atoms with Gasteiger partial charge in [-0.1, -0.05) is 97.1 Å². The highest BCUT2D eigenvalue weighted by Crippen LogP contribution is 2.32. The molecule has 4 rings (SSSR count). The standard InChI is InChI=1S/C39H47N3O9/c1-27(39(46)41-22-34(44)40-23-35(45)47-3)42-33(43)21-13-20-32-37(49-25-30-16-9-5-10-17-30)38(50-26-31-18-11-6-12-19-31)36(28(2)51-32)48-24-29-14-7-4-8-15-29/h4-19,21,27-28,32,36-38H,20,22-26H2,1-3H3,(H,40,44)(H,41,46)(H,42,43)/b21-13+/t27-,28-,32+,36+,37+,38+/m0/s1. The van der Waals surface area contributed by atoms with E-state index in [0.717, 1.165) is 16.7 Å². The molecular formula is C39H47N3O9. The van der Waals surface area contributed by atoms with Gasteiger partial charge in [0.25, 0.3) is 0 Å². The Hall–Kier alpha value is -4.88. The summed E-state index contributed by atoms with van der Waals surface area (Å²) in [5.74, 6) is -2.25. The van der Waals surface area contributed by atoms with E-state index in [1.54, 1.807) is 6.08 Å². The largest absolute Gasteiger partial charge is 0.468 e. The summed E-state index contributed by atoms with van der Waals surface area (Å²) in [4.78, 5) is 48.3. The van der Waals surface area contributed by atoms with Crippen LogP contribution in [0.2, 0.25) is 0 Å². The number of amides is 3. The number of nitrogens with one attached hydrogen (secondary N) is 3. The molecule has 3 amide bonds. The molecule has 0 aromatic heterocycles. The zero-order chi connectivity index (χ0) is 36.4. The number of hydrogen-bond donors (Lipinski definition) is 3. The Bertz CT molecular complexity index is 1560. The average molecular weight is 702 g/mol. The molecule has 0 aliphatic carbocycles. The molecule has 1 heterocycles. The number of ether oxygens (including phenoxy) is 5. The second kappa shape index (κ2) is 20.7. The van der Waals surface area contributed by atoms with Gasteiger partial charge in [-0.3, -0.25) is 19.2 Å². The number of rotatable bonds is 18. The molecular weight excluding hydrogens is 654 g/mol. The van der Waals surface area contributed by atoms with Crippen LogP contribution in [0.4, 0.5) is 0 Å². The van der Waals surface area contributed by atoms with Crippen molar-refractivity contribution < 1.29 is 42.9 Å². The number of esters is 1. The monoisotopic (exact) mass is 701 g/mol. The van der Waals surface area contributed by atoms with Crippen LogP contribution >= 0.6 is 0 Å². The second-order valence-corrected chi connectivity index (χ2v) is 12.1. The molecule has 0 bridgehead atoms. The lowest BCUT2D eigenvalue weighted by molar-refractivity contribution is -0.260. The van der Waals surface area contributed by atoms with E-state index in [1.165, 1.54) is 20.1 Å².